The second kappa shape index (κ2) is 11.0. The van der Waals surface area contributed by atoms with Crippen LogP contribution in [-0.4, -0.2) is 5.88 Å². The molecule has 0 aliphatic heterocycles. The number of rotatable bonds is 3. The molecule has 0 aromatic carbocycles. The van der Waals surface area contributed by atoms with E-state index in [1.54, 1.807) is 0 Å². The van der Waals surface area contributed by atoms with Crippen LogP contribution in [0.15, 0.2) is 12.2 Å². The van der Waals surface area contributed by atoms with Crippen LogP contribution in [0, 0.1) is 0 Å². The normalized spacial score (nSPS) is 15.2. The fourth-order valence-electron chi connectivity index (χ4n) is 1.10. The average Bonchev–Trinajstić information content (AvgIpc) is 2.18. The Bertz CT molecular complexity index is 85.2. The minimum atomic E-state index is 0.827. The van der Waals surface area contributed by atoms with Gasteiger partial charge in [0.15, 0.2) is 0 Å². The SMILES string of the molecule is C1=CCCCC1.CCCCCCl. The van der Waals surface area contributed by atoms with Gasteiger partial charge in [-0.15, -0.1) is 11.6 Å². The lowest BCUT2D eigenvalue weighted by molar-refractivity contribution is 0.730. The first-order chi connectivity index (χ1) is 5.91. The highest BCUT2D eigenvalue weighted by molar-refractivity contribution is 6.17. The first-order valence-corrected chi connectivity index (χ1v) is 5.66. The van der Waals surface area contributed by atoms with Crippen LogP contribution in [0.2, 0.25) is 0 Å². The van der Waals surface area contributed by atoms with Crippen LogP contribution in [0.3, 0.4) is 0 Å². The quantitative estimate of drug-likeness (QED) is 0.347. The molecule has 72 valence electrons. The third-order valence-electron chi connectivity index (χ3n) is 1.90. The molecule has 1 rings (SSSR count). The second-order valence-corrected chi connectivity index (χ2v) is 3.53. The van der Waals surface area contributed by atoms with E-state index in [4.69, 9.17) is 11.6 Å². The smallest absolute Gasteiger partial charge is 0.0223 e. The van der Waals surface area contributed by atoms with Crippen LogP contribution in [-0.2, 0) is 0 Å². The van der Waals surface area contributed by atoms with E-state index in [2.05, 4.69) is 19.1 Å². The summed E-state index contributed by atoms with van der Waals surface area (Å²) in [4.78, 5) is 0. The molecule has 0 radical (unpaired) electrons. The lowest BCUT2D eigenvalue weighted by Crippen LogP contribution is -1.77. The molecule has 0 spiro atoms. The van der Waals surface area contributed by atoms with Gasteiger partial charge in [0.2, 0.25) is 0 Å². The Morgan fingerprint density at radius 2 is 1.67 bits per heavy atom. The van der Waals surface area contributed by atoms with Crippen molar-refractivity contribution in [3.05, 3.63) is 12.2 Å². The summed E-state index contributed by atoms with van der Waals surface area (Å²) in [5, 5.41) is 0. The van der Waals surface area contributed by atoms with Crippen LogP contribution in [0.5, 0.6) is 0 Å². The Morgan fingerprint density at radius 1 is 1.08 bits per heavy atom. The minimum absolute atomic E-state index is 0.827. The molecule has 0 bridgehead atoms. The van der Waals surface area contributed by atoms with Gasteiger partial charge in [-0.05, 0) is 32.1 Å². The highest BCUT2D eigenvalue weighted by Gasteiger charge is 1.87. The van der Waals surface area contributed by atoms with E-state index in [-0.39, 0.29) is 0 Å². The topological polar surface area (TPSA) is 0 Å². The monoisotopic (exact) mass is 188 g/mol. The van der Waals surface area contributed by atoms with E-state index in [9.17, 15) is 0 Å². The van der Waals surface area contributed by atoms with Gasteiger partial charge in [0.05, 0.1) is 0 Å². The molecule has 0 aromatic heterocycles. The molecule has 0 amide bonds. The van der Waals surface area contributed by atoms with Crippen molar-refractivity contribution < 1.29 is 0 Å². The largest absolute Gasteiger partial charge is 0.127 e. The molecule has 1 heteroatoms. The summed E-state index contributed by atoms with van der Waals surface area (Å²) >= 11 is 5.38. The Hall–Kier alpha value is 0.0300. The van der Waals surface area contributed by atoms with Gasteiger partial charge in [-0.2, -0.15) is 0 Å². The molecule has 0 nitrogen and oxygen atoms in total. The van der Waals surface area contributed by atoms with Crippen LogP contribution in [0.1, 0.15) is 51.9 Å². The Kier molecular flexibility index (Phi) is 11.1. The summed E-state index contributed by atoms with van der Waals surface area (Å²) in [7, 11) is 0. The lowest BCUT2D eigenvalue weighted by Gasteiger charge is -1.97. The van der Waals surface area contributed by atoms with Crippen molar-refractivity contribution in [2.75, 3.05) is 5.88 Å². The van der Waals surface area contributed by atoms with E-state index < -0.39 is 0 Å². The zero-order valence-corrected chi connectivity index (χ0v) is 8.95. The van der Waals surface area contributed by atoms with Crippen LogP contribution >= 0.6 is 11.6 Å². The fraction of sp³-hybridized carbons (Fsp3) is 0.818. The molecular weight excluding hydrogens is 168 g/mol. The van der Waals surface area contributed by atoms with Crippen LogP contribution < -0.4 is 0 Å². The summed E-state index contributed by atoms with van der Waals surface area (Å²) in [6.07, 6.45) is 13.7. The van der Waals surface area contributed by atoms with Crippen molar-refractivity contribution in [2.45, 2.75) is 51.9 Å². The predicted molar refractivity (Wildman–Crippen MR) is 57.9 cm³/mol. The third kappa shape index (κ3) is 10.0. The summed E-state index contributed by atoms with van der Waals surface area (Å²) in [5.74, 6) is 0.827. The molecule has 12 heavy (non-hydrogen) atoms. The highest BCUT2D eigenvalue weighted by Crippen LogP contribution is 2.07. The molecule has 1 aliphatic carbocycles. The van der Waals surface area contributed by atoms with Gasteiger partial charge >= 0.3 is 0 Å². The standard InChI is InChI=1S/C6H10.C5H11Cl/c1-2-4-6-5-3-1;1-2-3-4-5-6/h1-2H,3-6H2;2-5H2,1H3. The molecular formula is C11H21Cl. The van der Waals surface area contributed by atoms with Gasteiger partial charge in [0, 0.05) is 5.88 Å². The van der Waals surface area contributed by atoms with E-state index in [1.165, 1.54) is 44.9 Å². The number of allylic oxidation sites excluding steroid dienone is 2. The van der Waals surface area contributed by atoms with Gasteiger partial charge < -0.3 is 0 Å². The predicted octanol–water partition coefficient (Wildman–Crippen LogP) is 4.53. The Balaban J connectivity index is 0.000000202. The number of hydrogen-bond donors (Lipinski definition) is 0. The van der Waals surface area contributed by atoms with E-state index in [1.807, 2.05) is 0 Å². The van der Waals surface area contributed by atoms with E-state index >= 15 is 0 Å². The van der Waals surface area contributed by atoms with E-state index in [0.717, 1.165) is 5.88 Å². The molecule has 0 saturated heterocycles. The summed E-state index contributed by atoms with van der Waals surface area (Å²) < 4.78 is 0. The second-order valence-electron chi connectivity index (χ2n) is 3.15. The van der Waals surface area contributed by atoms with Crippen LogP contribution in [0.4, 0.5) is 0 Å². The molecule has 0 atom stereocenters. The molecule has 0 N–H and O–H groups in total. The van der Waals surface area contributed by atoms with Gasteiger partial charge in [0.1, 0.15) is 0 Å². The van der Waals surface area contributed by atoms with Crippen molar-refractivity contribution in [1.82, 2.24) is 0 Å². The number of halogens is 1. The molecule has 0 saturated carbocycles. The van der Waals surface area contributed by atoms with Gasteiger partial charge in [-0.3, -0.25) is 0 Å². The molecule has 0 aromatic rings. The van der Waals surface area contributed by atoms with Crippen molar-refractivity contribution in [3.63, 3.8) is 0 Å². The van der Waals surface area contributed by atoms with Crippen LogP contribution in [0.25, 0.3) is 0 Å². The van der Waals surface area contributed by atoms with Crippen molar-refractivity contribution in [1.29, 1.82) is 0 Å². The summed E-state index contributed by atoms with van der Waals surface area (Å²) in [6, 6.07) is 0. The maximum absolute atomic E-state index is 5.38. The maximum Gasteiger partial charge on any atom is 0.0223 e. The first-order valence-electron chi connectivity index (χ1n) is 5.12. The van der Waals surface area contributed by atoms with E-state index in [0.29, 0.717) is 0 Å². The summed E-state index contributed by atoms with van der Waals surface area (Å²) in [5.41, 5.74) is 0. The minimum Gasteiger partial charge on any atom is -0.127 e. The molecule has 0 heterocycles. The van der Waals surface area contributed by atoms with Gasteiger partial charge in [0.25, 0.3) is 0 Å². The third-order valence-corrected chi connectivity index (χ3v) is 2.16. The first kappa shape index (κ1) is 12.0. The zero-order valence-electron chi connectivity index (χ0n) is 8.19. The summed E-state index contributed by atoms with van der Waals surface area (Å²) in [6.45, 7) is 2.17. The van der Waals surface area contributed by atoms with Gasteiger partial charge in [-0.25, -0.2) is 0 Å². The lowest BCUT2D eigenvalue weighted by atomic mass is 10.1. The van der Waals surface area contributed by atoms with Crippen molar-refractivity contribution in [3.8, 4) is 0 Å². The van der Waals surface area contributed by atoms with Crippen molar-refractivity contribution in [2.24, 2.45) is 0 Å². The zero-order chi connectivity index (χ0) is 9.07. The maximum atomic E-state index is 5.38. The molecule has 0 fully saturated rings. The van der Waals surface area contributed by atoms with Crippen molar-refractivity contribution >= 4 is 11.6 Å². The Morgan fingerprint density at radius 3 is 1.83 bits per heavy atom. The number of hydrogen-bond acceptors (Lipinski definition) is 0. The average molecular weight is 189 g/mol. The van der Waals surface area contributed by atoms with Gasteiger partial charge in [-0.1, -0.05) is 31.9 Å². The molecule has 0 unspecified atom stereocenters. The Labute approximate surface area is 82.0 Å². The fourth-order valence-corrected chi connectivity index (χ4v) is 1.29. The molecule has 1 aliphatic rings. The number of alkyl halides is 1. The highest BCUT2D eigenvalue weighted by atomic mass is 35.5. The number of unbranched alkanes of at least 4 members (excludes halogenated alkanes) is 2.